The Morgan fingerprint density at radius 2 is 1.61 bits per heavy atom. The van der Waals surface area contributed by atoms with Crippen molar-refractivity contribution in [2.24, 2.45) is 0 Å². The Morgan fingerprint density at radius 1 is 0.968 bits per heavy atom. The number of alkyl halides is 3. The average molecular weight is 450 g/mol. The Kier molecular flexibility index (Phi) is 5.94. The molecule has 0 unspecified atom stereocenters. The molecule has 0 fully saturated rings. The number of anilines is 2. The number of hydrogen-bond donors (Lipinski definition) is 2. The van der Waals surface area contributed by atoms with Crippen LogP contribution in [0.5, 0.6) is 5.75 Å². The fourth-order valence-electron chi connectivity index (χ4n) is 2.90. The third-order valence-corrected chi connectivity index (χ3v) is 6.23. The van der Waals surface area contributed by atoms with Gasteiger partial charge in [0, 0.05) is 5.69 Å². The zero-order valence-corrected chi connectivity index (χ0v) is 16.9. The van der Waals surface area contributed by atoms with Crippen LogP contribution in [0.4, 0.5) is 24.5 Å². The van der Waals surface area contributed by atoms with E-state index in [0.29, 0.717) is 17.9 Å². The van der Waals surface area contributed by atoms with E-state index in [9.17, 15) is 26.4 Å². The molecule has 0 spiro atoms. The molecule has 0 aliphatic rings. The van der Waals surface area contributed by atoms with Gasteiger partial charge in [0.2, 0.25) is 9.84 Å². The lowest BCUT2D eigenvalue weighted by atomic mass is 10.1. The van der Waals surface area contributed by atoms with Crippen LogP contribution >= 0.6 is 0 Å². The van der Waals surface area contributed by atoms with E-state index in [0.717, 1.165) is 12.1 Å². The first kappa shape index (κ1) is 22.2. The highest BCUT2D eigenvalue weighted by molar-refractivity contribution is 7.91. The van der Waals surface area contributed by atoms with Crippen LogP contribution in [0, 0.1) is 0 Å². The van der Waals surface area contributed by atoms with Crippen molar-refractivity contribution < 1.29 is 31.1 Å². The number of benzene rings is 3. The number of ether oxygens (including phenoxy) is 1. The van der Waals surface area contributed by atoms with Crippen molar-refractivity contribution in [3.63, 3.8) is 0 Å². The molecule has 3 aromatic rings. The first-order chi connectivity index (χ1) is 14.6. The summed E-state index contributed by atoms with van der Waals surface area (Å²) < 4.78 is 69.8. The van der Waals surface area contributed by atoms with Gasteiger partial charge in [-0.05, 0) is 48.5 Å². The summed E-state index contributed by atoms with van der Waals surface area (Å²) in [5.74, 6) is -0.467. The lowest BCUT2D eigenvalue weighted by Gasteiger charge is -2.15. The van der Waals surface area contributed by atoms with Gasteiger partial charge in [-0.1, -0.05) is 18.2 Å². The standard InChI is InChI=1S/C21H17F3N2O4S/c1-30-17-7-3-2-6-16(17)26-20(27)19-15(25)5-4-8-18(19)31(28,29)14-11-9-13(10-12-14)21(22,23)24/h2-12H,25H2,1H3,(H,26,27). The topological polar surface area (TPSA) is 98.5 Å². The second-order valence-electron chi connectivity index (χ2n) is 6.40. The average Bonchev–Trinajstić information content (AvgIpc) is 2.73. The maximum atomic E-state index is 13.1. The third kappa shape index (κ3) is 4.48. The lowest BCUT2D eigenvalue weighted by Crippen LogP contribution is -2.19. The van der Waals surface area contributed by atoms with Crippen molar-refractivity contribution in [2.75, 3.05) is 18.2 Å². The number of nitrogens with two attached hydrogens (primary N) is 1. The molecule has 10 heteroatoms. The van der Waals surface area contributed by atoms with Gasteiger partial charge in [-0.15, -0.1) is 0 Å². The Balaban J connectivity index is 2.05. The SMILES string of the molecule is COc1ccccc1NC(=O)c1c(N)cccc1S(=O)(=O)c1ccc(C(F)(F)F)cc1. The van der Waals surface area contributed by atoms with Gasteiger partial charge in [0.15, 0.2) is 0 Å². The van der Waals surface area contributed by atoms with Crippen LogP contribution in [0.2, 0.25) is 0 Å². The maximum Gasteiger partial charge on any atom is 0.416 e. The zero-order valence-electron chi connectivity index (χ0n) is 16.1. The number of carbonyl (C=O) groups excluding carboxylic acids is 1. The van der Waals surface area contributed by atoms with E-state index in [1.165, 1.54) is 25.3 Å². The number of halogens is 3. The van der Waals surface area contributed by atoms with Crippen molar-refractivity contribution in [1.82, 2.24) is 0 Å². The molecule has 162 valence electrons. The molecule has 0 aliphatic heterocycles. The first-order valence-corrected chi connectivity index (χ1v) is 10.3. The van der Waals surface area contributed by atoms with Crippen molar-refractivity contribution in [2.45, 2.75) is 16.0 Å². The molecular formula is C21H17F3N2O4S. The second kappa shape index (κ2) is 8.31. The monoisotopic (exact) mass is 450 g/mol. The van der Waals surface area contributed by atoms with Gasteiger partial charge in [0.05, 0.1) is 33.7 Å². The smallest absolute Gasteiger partial charge is 0.416 e. The van der Waals surface area contributed by atoms with E-state index in [1.807, 2.05) is 0 Å². The number of methoxy groups -OCH3 is 1. The summed E-state index contributed by atoms with van der Waals surface area (Å²) in [6, 6.07) is 13.3. The fraction of sp³-hybridized carbons (Fsp3) is 0.0952. The van der Waals surface area contributed by atoms with Crippen LogP contribution in [0.1, 0.15) is 15.9 Å². The Morgan fingerprint density at radius 3 is 2.23 bits per heavy atom. The van der Waals surface area contributed by atoms with Crippen molar-refractivity contribution in [3.05, 3.63) is 77.9 Å². The molecule has 1 amide bonds. The highest BCUT2D eigenvalue weighted by Gasteiger charge is 2.32. The molecule has 0 atom stereocenters. The number of sulfone groups is 1. The van der Waals surface area contributed by atoms with Gasteiger partial charge in [0.1, 0.15) is 5.75 Å². The summed E-state index contributed by atoms with van der Waals surface area (Å²) in [5.41, 5.74) is 4.76. The summed E-state index contributed by atoms with van der Waals surface area (Å²) in [4.78, 5) is 12.1. The Bertz CT molecular complexity index is 1220. The predicted molar refractivity (Wildman–Crippen MR) is 109 cm³/mol. The third-order valence-electron chi connectivity index (χ3n) is 4.42. The van der Waals surface area contributed by atoms with Crippen LogP contribution in [0.3, 0.4) is 0 Å². The van der Waals surface area contributed by atoms with Crippen LogP contribution in [-0.4, -0.2) is 21.4 Å². The van der Waals surface area contributed by atoms with Gasteiger partial charge in [-0.3, -0.25) is 4.79 Å². The molecule has 0 aromatic heterocycles. The Hall–Kier alpha value is -3.53. The molecule has 0 saturated carbocycles. The number of nitrogen functional groups attached to an aromatic ring is 1. The number of carbonyl (C=O) groups is 1. The molecule has 0 heterocycles. The molecule has 0 aliphatic carbocycles. The molecule has 31 heavy (non-hydrogen) atoms. The molecule has 3 rings (SSSR count). The number of amides is 1. The van der Waals surface area contributed by atoms with E-state index >= 15 is 0 Å². The highest BCUT2D eigenvalue weighted by Crippen LogP contribution is 2.33. The summed E-state index contributed by atoms with van der Waals surface area (Å²) in [6.45, 7) is 0. The molecule has 6 nitrogen and oxygen atoms in total. The largest absolute Gasteiger partial charge is 0.495 e. The quantitative estimate of drug-likeness (QED) is 0.562. The highest BCUT2D eigenvalue weighted by atomic mass is 32.2. The van der Waals surface area contributed by atoms with E-state index in [4.69, 9.17) is 10.5 Å². The van der Waals surface area contributed by atoms with Crippen LogP contribution in [-0.2, 0) is 16.0 Å². The predicted octanol–water partition coefficient (Wildman–Crippen LogP) is 4.38. The minimum atomic E-state index is -4.61. The Labute approximate surface area is 176 Å². The van der Waals surface area contributed by atoms with Crippen LogP contribution in [0.15, 0.2) is 76.5 Å². The first-order valence-electron chi connectivity index (χ1n) is 8.81. The van der Waals surface area contributed by atoms with Gasteiger partial charge >= 0.3 is 6.18 Å². The minimum Gasteiger partial charge on any atom is -0.495 e. The summed E-state index contributed by atoms with van der Waals surface area (Å²) in [7, 11) is -2.94. The molecular weight excluding hydrogens is 433 g/mol. The normalized spacial score (nSPS) is 11.7. The van der Waals surface area contributed by atoms with Gasteiger partial charge in [-0.2, -0.15) is 13.2 Å². The lowest BCUT2D eigenvalue weighted by molar-refractivity contribution is -0.137. The molecule has 0 bridgehead atoms. The molecule has 0 saturated heterocycles. The van der Waals surface area contributed by atoms with E-state index < -0.39 is 37.3 Å². The second-order valence-corrected chi connectivity index (χ2v) is 8.32. The van der Waals surface area contributed by atoms with Crippen LogP contribution < -0.4 is 15.8 Å². The number of rotatable bonds is 5. The maximum absolute atomic E-state index is 13.1. The number of para-hydroxylation sites is 2. The summed E-state index contributed by atoms with van der Waals surface area (Å²) in [6.07, 6.45) is -4.61. The number of hydrogen-bond acceptors (Lipinski definition) is 5. The molecule has 3 aromatic carbocycles. The van der Waals surface area contributed by atoms with Gasteiger partial charge < -0.3 is 15.8 Å². The number of nitrogens with one attached hydrogen (secondary N) is 1. The van der Waals surface area contributed by atoms with Gasteiger partial charge in [0.25, 0.3) is 5.91 Å². The van der Waals surface area contributed by atoms with Crippen LogP contribution in [0.25, 0.3) is 0 Å². The summed E-state index contributed by atoms with van der Waals surface area (Å²) in [5, 5.41) is 2.55. The molecule has 3 N–H and O–H groups in total. The van der Waals surface area contributed by atoms with Gasteiger partial charge in [-0.25, -0.2) is 8.42 Å². The zero-order chi connectivity index (χ0) is 22.8. The molecule has 0 radical (unpaired) electrons. The van der Waals surface area contributed by atoms with E-state index in [2.05, 4.69) is 5.32 Å². The van der Waals surface area contributed by atoms with Crippen molar-refractivity contribution in [3.8, 4) is 5.75 Å². The van der Waals surface area contributed by atoms with E-state index in [-0.39, 0.29) is 16.9 Å². The fourth-order valence-corrected chi connectivity index (χ4v) is 4.38. The van der Waals surface area contributed by atoms with Crippen molar-refractivity contribution in [1.29, 1.82) is 0 Å². The van der Waals surface area contributed by atoms with E-state index in [1.54, 1.807) is 24.3 Å². The van der Waals surface area contributed by atoms with Crippen molar-refractivity contribution >= 4 is 27.1 Å². The minimum absolute atomic E-state index is 0.111. The summed E-state index contributed by atoms with van der Waals surface area (Å²) >= 11 is 0.